The van der Waals surface area contributed by atoms with Crippen molar-refractivity contribution in [3.63, 3.8) is 0 Å². The number of benzene rings is 2. The van der Waals surface area contributed by atoms with E-state index < -0.39 is 18.1 Å². The van der Waals surface area contributed by atoms with Gasteiger partial charge in [0.25, 0.3) is 0 Å². The van der Waals surface area contributed by atoms with Crippen molar-refractivity contribution in [3.8, 4) is 11.1 Å². The minimum atomic E-state index is -0.995. The summed E-state index contributed by atoms with van der Waals surface area (Å²) in [6, 6.07) is 15.5. The van der Waals surface area contributed by atoms with E-state index in [1.54, 1.807) is 0 Å². The second-order valence-corrected chi connectivity index (χ2v) is 9.28. The predicted molar refractivity (Wildman–Crippen MR) is 122 cm³/mol. The fourth-order valence-electron chi connectivity index (χ4n) is 5.70. The molecule has 2 bridgehead atoms. The molecule has 2 aliphatic carbocycles. The molecule has 0 radical (unpaired) electrons. The van der Waals surface area contributed by atoms with Gasteiger partial charge >= 0.3 is 12.1 Å². The van der Waals surface area contributed by atoms with Gasteiger partial charge in [0.15, 0.2) is 0 Å². The summed E-state index contributed by atoms with van der Waals surface area (Å²) in [5.41, 5.74) is 4.50. The zero-order chi connectivity index (χ0) is 22.9. The van der Waals surface area contributed by atoms with Gasteiger partial charge in [-0.05, 0) is 53.9 Å². The van der Waals surface area contributed by atoms with Gasteiger partial charge in [0.2, 0.25) is 5.91 Å². The number of amides is 2. The Balaban J connectivity index is 1.25. The molecule has 3 aliphatic rings. The highest BCUT2D eigenvalue weighted by Crippen LogP contribution is 2.44. The van der Waals surface area contributed by atoms with Crippen molar-refractivity contribution in [3.05, 3.63) is 59.7 Å². The number of fused-ring (bicyclic) bond motifs is 5. The van der Waals surface area contributed by atoms with Crippen LogP contribution >= 0.6 is 0 Å². The number of rotatable bonds is 7. The number of aliphatic carboxylic acids is 1. The minimum absolute atomic E-state index is 0.0479. The van der Waals surface area contributed by atoms with Crippen molar-refractivity contribution < 1.29 is 24.2 Å². The Morgan fingerprint density at radius 3 is 2.27 bits per heavy atom. The molecular weight excluding hydrogens is 420 g/mol. The second kappa shape index (κ2) is 8.89. The molecule has 3 unspecified atom stereocenters. The van der Waals surface area contributed by atoms with Crippen LogP contribution in [0.5, 0.6) is 0 Å². The maximum Gasteiger partial charge on any atom is 0.407 e. The number of likely N-dealkylation sites (tertiary alicyclic amines) is 1. The number of carbonyl (C=O) groups is 3. The van der Waals surface area contributed by atoms with E-state index >= 15 is 0 Å². The fraction of sp³-hybridized carbons (Fsp3) is 0.423. The Bertz CT molecular complexity index is 1040. The Labute approximate surface area is 192 Å². The van der Waals surface area contributed by atoms with E-state index in [-0.39, 0.29) is 37.3 Å². The highest BCUT2D eigenvalue weighted by Gasteiger charge is 2.42. The van der Waals surface area contributed by atoms with Gasteiger partial charge < -0.3 is 20.1 Å². The zero-order valence-corrected chi connectivity index (χ0v) is 18.4. The highest BCUT2D eigenvalue weighted by molar-refractivity contribution is 5.87. The van der Waals surface area contributed by atoms with E-state index in [1.165, 1.54) is 0 Å². The Morgan fingerprint density at radius 2 is 1.70 bits per heavy atom. The van der Waals surface area contributed by atoms with Crippen LogP contribution in [0.2, 0.25) is 0 Å². The van der Waals surface area contributed by atoms with Crippen LogP contribution in [0, 0.1) is 5.92 Å². The average molecular weight is 449 g/mol. The predicted octanol–water partition coefficient (Wildman–Crippen LogP) is 3.77. The Kier molecular flexibility index (Phi) is 5.79. The molecule has 1 saturated carbocycles. The normalized spacial score (nSPS) is 21.4. The molecule has 5 rings (SSSR count). The lowest BCUT2D eigenvalue weighted by Gasteiger charge is -2.31. The molecule has 2 fully saturated rings. The number of carboxylic acids is 1. The first-order chi connectivity index (χ1) is 16.0. The lowest BCUT2D eigenvalue weighted by molar-refractivity contribution is -0.138. The van der Waals surface area contributed by atoms with Crippen LogP contribution in [0.25, 0.3) is 11.1 Å². The highest BCUT2D eigenvalue weighted by atomic mass is 16.5. The quantitative estimate of drug-likeness (QED) is 0.672. The van der Waals surface area contributed by atoms with Crippen LogP contribution in [-0.4, -0.2) is 53.2 Å². The number of carboxylic acid groups (broad SMARTS) is 1. The largest absolute Gasteiger partial charge is 0.481 e. The number of nitrogens with one attached hydrogen (secondary N) is 1. The minimum Gasteiger partial charge on any atom is -0.481 e. The molecule has 7 nitrogen and oxygen atoms in total. The molecule has 2 aromatic carbocycles. The molecular formula is C26H28N2O5. The lowest BCUT2D eigenvalue weighted by atomic mass is 9.98. The summed E-state index contributed by atoms with van der Waals surface area (Å²) >= 11 is 0. The standard InChI is InChI=1S/C26H28N2O5/c29-24(30)12-11-23(25(31)28-14-16-9-10-17(28)13-16)27-26(32)33-15-22-20-7-3-1-5-18(20)19-6-2-4-8-21(19)22/h1-8,16-17,22-23H,9-15H2,(H,27,32)(H,29,30). The van der Waals surface area contributed by atoms with Gasteiger partial charge in [0, 0.05) is 24.9 Å². The third kappa shape index (κ3) is 4.19. The third-order valence-corrected chi connectivity index (χ3v) is 7.27. The topological polar surface area (TPSA) is 95.9 Å². The molecule has 0 spiro atoms. The summed E-state index contributed by atoms with van der Waals surface area (Å²) in [4.78, 5) is 38.8. The number of alkyl carbamates (subject to hydrolysis) is 1. The van der Waals surface area contributed by atoms with Gasteiger partial charge in [0.05, 0.1) is 0 Å². The van der Waals surface area contributed by atoms with E-state index in [0.717, 1.165) is 41.5 Å². The van der Waals surface area contributed by atoms with Gasteiger partial charge in [-0.2, -0.15) is 0 Å². The van der Waals surface area contributed by atoms with E-state index in [2.05, 4.69) is 17.4 Å². The maximum absolute atomic E-state index is 13.1. The summed E-state index contributed by atoms with van der Waals surface area (Å²) in [6.45, 7) is 0.841. The maximum atomic E-state index is 13.1. The molecule has 2 aromatic rings. The summed E-state index contributed by atoms with van der Waals surface area (Å²) in [7, 11) is 0. The lowest BCUT2D eigenvalue weighted by Crippen LogP contribution is -2.51. The Hall–Kier alpha value is -3.35. The number of hydrogen-bond donors (Lipinski definition) is 2. The first-order valence-electron chi connectivity index (χ1n) is 11.6. The molecule has 7 heteroatoms. The van der Waals surface area contributed by atoms with Crippen molar-refractivity contribution in [1.29, 1.82) is 0 Å². The first kappa shape index (κ1) is 21.5. The zero-order valence-electron chi connectivity index (χ0n) is 18.4. The number of nitrogens with zero attached hydrogens (tertiary/aromatic N) is 1. The Morgan fingerprint density at radius 1 is 1.03 bits per heavy atom. The first-order valence-corrected chi connectivity index (χ1v) is 11.6. The molecule has 1 aliphatic heterocycles. The van der Waals surface area contributed by atoms with Gasteiger partial charge in [-0.1, -0.05) is 48.5 Å². The molecule has 2 amide bonds. The fourth-order valence-corrected chi connectivity index (χ4v) is 5.70. The summed E-state index contributed by atoms with van der Waals surface area (Å²) in [5, 5.41) is 11.8. The summed E-state index contributed by atoms with van der Waals surface area (Å²) < 4.78 is 5.58. The third-order valence-electron chi connectivity index (χ3n) is 7.27. The van der Waals surface area contributed by atoms with Crippen molar-refractivity contribution in [1.82, 2.24) is 10.2 Å². The van der Waals surface area contributed by atoms with Gasteiger partial charge in [-0.15, -0.1) is 0 Å². The van der Waals surface area contributed by atoms with Crippen molar-refractivity contribution in [2.45, 2.75) is 50.1 Å². The van der Waals surface area contributed by atoms with Crippen LogP contribution in [0.3, 0.4) is 0 Å². The summed E-state index contributed by atoms with van der Waals surface area (Å²) in [5.74, 6) is -0.749. The van der Waals surface area contributed by atoms with Gasteiger partial charge in [0.1, 0.15) is 12.6 Å². The SMILES string of the molecule is O=C(O)CCC(NC(=O)OCC1c2ccccc2-c2ccccc21)C(=O)N1CC2CCC1C2. The van der Waals surface area contributed by atoms with E-state index in [9.17, 15) is 14.4 Å². The van der Waals surface area contributed by atoms with E-state index in [0.29, 0.717) is 12.5 Å². The van der Waals surface area contributed by atoms with Crippen LogP contribution in [-0.2, 0) is 14.3 Å². The number of hydrogen-bond acceptors (Lipinski definition) is 4. The van der Waals surface area contributed by atoms with Gasteiger partial charge in [-0.3, -0.25) is 9.59 Å². The van der Waals surface area contributed by atoms with Crippen LogP contribution < -0.4 is 5.32 Å². The molecule has 2 N–H and O–H groups in total. The second-order valence-electron chi connectivity index (χ2n) is 9.28. The molecule has 172 valence electrons. The molecule has 3 atom stereocenters. The molecule has 33 heavy (non-hydrogen) atoms. The number of piperidine rings is 1. The van der Waals surface area contributed by atoms with Crippen LogP contribution in [0.15, 0.2) is 48.5 Å². The number of ether oxygens (including phenoxy) is 1. The van der Waals surface area contributed by atoms with Gasteiger partial charge in [-0.25, -0.2) is 4.79 Å². The molecule has 1 heterocycles. The van der Waals surface area contributed by atoms with Crippen LogP contribution in [0.4, 0.5) is 4.79 Å². The smallest absolute Gasteiger partial charge is 0.407 e. The van der Waals surface area contributed by atoms with Crippen molar-refractivity contribution in [2.24, 2.45) is 5.92 Å². The van der Waals surface area contributed by atoms with Crippen molar-refractivity contribution in [2.75, 3.05) is 13.2 Å². The molecule has 0 aromatic heterocycles. The average Bonchev–Trinajstić information content (AvgIpc) is 3.53. The van der Waals surface area contributed by atoms with Crippen LogP contribution in [0.1, 0.15) is 49.1 Å². The number of carbonyl (C=O) groups excluding carboxylic acids is 2. The monoisotopic (exact) mass is 448 g/mol. The molecule has 1 saturated heterocycles. The summed E-state index contributed by atoms with van der Waals surface area (Å²) in [6.07, 6.45) is 2.28. The van der Waals surface area contributed by atoms with E-state index in [1.807, 2.05) is 41.3 Å². The van der Waals surface area contributed by atoms with E-state index in [4.69, 9.17) is 9.84 Å². The van der Waals surface area contributed by atoms with Crippen molar-refractivity contribution >= 4 is 18.0 Å².